The first-order chi connectivity index (χ1) is 11.2. The first-order valence-corrected chi connectivity index (χ1v) is 9.49. The van der Waals surface area contributed by atoms with Crippen LogP contribution in [0.3, 0.4) is 0 Å². The van der Waals surface area contributed by atoms with E-state index in [1.54, 1.807) is 17.3 Å². The lowest BCUT2D eigenvalue weighted by Gasteiger charge is -2.26. The molecule has 0 saturated carbocycles. The summed E-state index contributed by atoms with van der Waals surface area (Å²) in [6.07, 6.45) is 6.44. The maximum atomic E-state index is 11.1. The van der Waals surface area contributed by atoms with Crippen LogP contribution in [0.25, 0.3) is 0 Å². The Bertz CT molecular complexity index is 369. The van der Waals surface area contributed by atoms with Crippen molar-refractivity contribution in [3.05, 3.63) is 12.4 Å². The standard InChI is InChI=1S/C7H14N2O2.C4H11NS.C3H4N2S/c1-2-11-7(10)9-5-3-8-4-6-9;1-6-4-2-3-5;6-3-4-1-2-5-3/h8H,2-6H2,1H3;2-5H2,1H3;1-2H,(H2,4,5,6). The molecule has 0 aliphatic carbocycles. The average Bonchev–Trinajstić information content (AvgIpc) is 3.06. The highest BCUT2D eigenvalue weighted by Crippen LogP contribution is 1.95. The zero-order chi connectivity index (χ0) is 17.3. The van der Waals surface area contributed by atoms with Gasteiger partial charge in [-0.3, -0.25) is 0 Å². The van der Waals surface area contributed by atoms with Crippen molar-refractivity contribution in [2.24, 2.45) is 5.73 Å². The fraction of sp³-hybridized carbons (Fsp3) is 0.714. The van der Waals surface area contributed by atoms with Crippen molar-refractivity contribution < 1.29 is 9.53 Å². The van der Waals surface area contributed by atoms with Crippen molar-refractivity contribution in [1.29, 1.82) is 0 Å². The fourth-order valence-electron chi connectivity index (χ4n) is 1.55. The van der Waals surface area contributed by atoms with Crippen LogP contribution in [0.1, 0.15) is 13.3 Å². The second-order valence-electron chi connectivity index (χ2n) is 4.48. The summed E-state index contributed by atoms with van der Waals surface area (Å²) in [6, 6.07) is 0. The third-order valence-electron chi connectivity index (χ3n) is 2.68. The SMILES string of the molecule is CCOC(=O)N1CCNCC1.CSCCCN.Sc1ncc[nH]1. The maximum Gasteiger partial charge on any atom is 0.409 e. The molecule has 0 atom stereocenters. The highest BCUT2D eigenvalue weighted by molar-refractivity contribution is 7.98. The summed E-state index contributed by atoms with van der Waals surface area (Å²) in [7, 11) is 0. The Hall–Kier alpha value is -0.900. The number of hydrogen-bond donors (Lipinski definition) is 4. The van der Waals surface area contributed by atoms with Gasteiger partial charge in [-0.2, -0.15) is 11.8 Å². The molecule has 0 radical (unpaired) electrons. The van der Waals surface area contributed by atoms with Gasteiger partial charge in [-0.15, -0.1) is 12.6 Å². The van der Waals surface area contributed by atoms with Gasteiger partial charge in [0.1, 0.15) is 0 Å². The number of rotatable bonds is 4. The Morgan fingerprint density at radius 2 is 2.22 bits per heavy atom. The maximum absolute atomic E-state index is 11.1. The van der Waals surface area contributed by atoms with E-state index < -0.39 is 0 Å². The Balaban J connectivity index is 0.000000344. The van der Waals surface area contributed by atoms with E-state index in [0.717, 1.165) is 39.1 Å². The van der Waals surface area contributed by atoms with Crippen molar-refractivity contribution >= 4 is 30.5 Å². The third-order valence-corrected chi connectivity index (χ3v) is 3.62. The molecule has 134 valence electrons. The number of piperazine rings is 1. The van der Waals surface area contributed by atoms with E-state index in [1.807, 2.05) is 18.7 Å². The fourth-order valence-corrected chi connectivity index (χ4v) is 2.14. The topological polar surface area (TPSA) is 96.3 Å². The summed E-state index contributed by atoms with van der Waals surface area (Å²) in [5.74, 6) is 1.20. The van der Waals surface area contributed by atoms with E-state index in [2.05, 4.69) is 34.2 Å². The van der Waals surface area contributed by atoms with Crippen LogP contribution in [0.5, 0.6) is 0 Å². The summed E-state index contributed by atoms with van der Waals surface area (Å²) in [4.78, 5) is 19.3. The second kappa shape index (κ2) is 16.0. The zero-order valence-corrected chi connectivity index (χ0v) is 15.7. The Labute approximate surface area is 148 Å². The number of imidazole rings is 1. The monoisotopic (exact) mass is 363 g/mol. The minimum Gasteiger partial charge on any atom is -0.450 e. The highest BCUT2D eigenvalue weighted by atomic mass is 32.2. The third kappa shape index (κ3) is 13.3. The van der Waals surface area contributed by atoms with Gasteiger partial charge < -0.3 is 25.7 Å². The lowest BCUT2D eigenvalue weighted by atomic mass is 10.4. The van der Waals surface area contributed by atoms with Crippen molar-refractivity contribution in [2.75, 3.05) is 51.3 Å². The van der Waals surface area contributed by atoms with Gasteiger partial charge in [-0.1, -0.05) is 0 Å². The first kappa shape index (κ1) is 22.1. The summed E-state index contributed by atoms with van der Waals surface area (Å²) in [5.41, 5.74) is 5.20. The molecule has 0 unspecified atom stereocenters. The van der Waals surface area contributed by atoms with E-state index in [1.165, 1.54) is 5.75 Å². The molecule has 4 N–H and O–H groups in total. The number of thioether (sulfide) groups is 1. The van der Waals surface area contributed by atoms with Gasteiger partial charge in [0.15, 0.2) is 5.16 Å². The number of carbonyl (C=O) groups is 1. The summed E-state index contributed by atoms with van der Waals surface area (Å²) in [6.45, 7) is 6.39. The minimum atomic E-state index is -0.186. The molecule has 1 aromatic heterocycles. The molecule has 9 heteroatoms. The van der Waals surface area contributed by atoms with E-state index >= 15 is 0 Å². The van der Waals surface area contributed by atoms with Crippen LogP contribution in [0, 0.1) is 0 Å². The van der Waals surface area contributed by atoms with E-state index in [0.29, 0.717) is 11.8 Å². The van der Waals surface area contributed by atoms with Gasteiger partial charge in [0, 0.05) is 38.6 Å². The number of thiol groups is 1. The molecule has 1 aliphatic heterocycles. The smallest absolute Gasteiger partial charge is 0.409 e. The van der Waals surface area contributed by atoms with Crippen LogP contribution < -0.4 is 11.1 Å². The van der Waals surface area contributed by atoms with Gasteiger partial charge >= 0.3 is 6.09 Å². The minimum absolute atomic E-state index is 0.186. The summed E-state index contributed by atoms with van der Waals surface area (Å²) >= 11 is 5.72. The largest absolute Gasteiger partial charge is 0.450 e. The molecular formula is C14H29N5O2S2. The zero-order valence-electron chi connectivity index (χ0n) is 14.0. The van der Waals surface area contributed by atoms with E-state index in [-0.39, 0.29) is 6.09 Å². The molecule has 23 heavy (non-hydrogen) atoms. The van der Waals surface area contributed by atoms with Gasteiger partial charge in [0.05, 0.1) is 6.61 Å². The van der Waals surface area contributed by atoms with Gasteiger partial charge in [-0.05, 0) is 31.9 Å². The number of H-pyrrole nitrogens is 1. The molecule has 0 bridgehead atoms. The number of hydrogen-bond acceptors (Lipinski definition) is 7. The van der Waals surface area contributed by atoms with Crippen LogP contribution in [-0.4, -0.2) is 72.3 Å². The van der Waals surface area contributed by atoms with Crippen molar-refractivity contribution in [1.82, 2.24) is 20.2 Å². The van der Waals surface area contributed by atoms with Gasteiger partial charge in [0.25, 0.3) is 0 Å². The number of nitrogens with zero attached hydrogens (tertiary/aromatic N) is 2. The average molecular weight is 364 g/mol. The molecule has 0 spiro atoms. The van der Waals surface area contributed by atoms with Crippen LogP contribution >= 0.6 is 24.4 Å². The molecule has 1 amide bonds. The molecule has 1 fully saturated rings. The molecule has 1 aliphatic rings. The molecule has 2 rings (SSSR count). The van der Waals surface area contributed by atoms with Crippen LogP contribution in [0.2, 0.25) is 0 Å². The number of amides is 1. The van der Waals surface area contributed by atoms with E-state index in [4.69, 9.17) is 10.5 Å². The molecular weight excluding hydrogens is 334 g/mol. The molecule has 2 heterocycles. The summed E-state index contributed by atoms with van der Waals surface area (Å²) in [5, 5.41) is 3.82. The predicted molar refractivity (Wildman–Crippen MR) is 99.4 cm³/mol. The number of nitrogens with two attached hydrogens (primary N) is 1. The normalized spacial score (nSPS) is 13.3. The Morgan fingerprint density at radius 3 is 2.57 bits per heavy atom. The second-order valence-corrected chi connectivity index (χ2v) is 5.89. The number of nitrogens with one attached hydrogen (secondary N) is 2. The lowest BCUT2D eigenvalue weighted by Crippen LogP contribution is -2.46. The first-order valence-electron chi connectivity index (χ1n) is 7.65. The van der Waals surface area contributed by atoms with E-state index in [9.17, 15) is 4.79 Å². The van der Waals surface area contributed by atoms with Crippen LogP contribution in [-0.2, 0) is 4.74 Å². The van der Waals surface area contributed by atoms with Crippen molar-refractivity contribution in [3.63, 3.8) is 0 Å². The van der Waals surface area contributed by atoms with Crippen molar-refractivity contribution in [2.45, 2.75) is 18.5 Å². The molecule has 1 saturated heterocycles. The lowest BCUT2D eigenvalue weighted by molar-refractivity contribution is 0.102. The van der Waals surface area contributed by atoms with Crippen LogP contribution in [0.15, 0.2) is 17.6 Å². The number of aromatic nitrogens is 2. The van der Waals surface area contributed by atoms with Crippen molar-refractivity contribution in [3.8, 4) is 0 Å². The Morgan fingerprint density at radius 1 is 1.52 bits per heavy atom. The number of carbonyl (C=O) groups excluding carboxylic acids is 1. The van der Waals surface area contributed by atoms with Crippen LogP contribution in [0.4, 0.5) is 4.79 Å². The molecule has 1 aromatic rings. The Kier molecular flexibility index (Phi) is 15.4. The van der Waals surface area contributed by atoms with Gasteiger partial charge in [-0.25, -0.2) is 9.78 Å². The quantitative estimate of drug-likeness (QED) is 0.478. The highest BCUT2D eigenvalue weighted by Gasteiger charge is 2.15. The molecule has 0 aromatic carbocycles. The molecule has 7 nitrogen and oxygen atoms in total. The van der Waals surface area contributed by atoms with Gasteiger partial charge in [0.2, 0.25) is 0 Å². The predicted octanol–water partition coefficient (Wildman–Crippen LogP) is 1.44. The summed E-state index contributed by atoms with van der Waals surface area (Å²) < 4.78 is 4.84. The number of aromatic amines is 1. The number of ether oxygens (including phenoxy) is 1.